The van der Waals surface area contributed by atoms with Gasteiger partial charge in [-0.2, -0.15) is 0 Å². The van der Waals surface area contributed by atoms with E-state index in [2.05, 4.69) is 4.74 Å². The van der Waals surface area contributed by atoms with E-state index in [-0.39, 0.29) is 16.8 Å². The van der Waals surface area contributed by atoms with Gasteiger partial charge in [0.2, 0.25) is 0 Å². The second kappa shape index (κ2) is 6.34. The number of hydrogen-bond acceptors (Lipinski definition) is 7. The number of ether oxygens (including phenoxy) is 2. The summed E-state index contributed by atoms with van der Waals surface area (Å²) in [5.74, 6) is -1.49. The Hall–Kier alpha value is -3.94. The summed E-state index contributed by atoms with van der Waals surface area (Å²) in [7, 11) is 2.59. The van der Waals surface area contributed by atoms with Gasteiger partial charge in [-0.25, -0.2) is 14.5 Å². The average Bonchev–Trinajstić information content (AvgIpc) is 3.02. The molecule has 0 unspecified atom stereocenters. The number of imide groups is 1. The van der Waals surface area contributed by atoms with Crippen molar-refractivity contribution in [2.45, 2.75) is 0 Å². The third kappa shape index (κ3) is 2.54. The van der Waals surface area contributed by atoms with Gasteiger partial charge in [0.1, 0.15) is 22.6 Å². The summed E-state index contributed by atoms with van der Waals surface area (Å²) in [5.41, 5.74) is -0.636. The number of carbonyl (C=O) groups is 3. The number of esters is 1. The lowest BCUT2D eigenvalue weighted by atomic mass is 10.0. The Kier molecular flexibility index (Phi) is 3.96. The molecule has 3 aromatic rings. The SMILES string of the molecule is COC(=O)c1cc2cc3ccc(OC)c(N4C(=O)C=CC4=O)c3cc2oc1=O. The van der Waals surface area contributed by atoms with E-state index in [0.29, 0.717) is 21.9 Å². The first kappa shape index (κ1) is 17.5. The molecule has 140 valence electrons. The summed E-state index contributed by atoms with van der Waals surface area (Å²) in [6, 6.07) is 7.95. The maximum absolute atomic E-state index is 12.2. The zero-order valence-electron chi connectivity index (χ0n) is 14.8. The minimum absolute atomic E-state index is 0.187. The van der Waals surface area contributed by atoms with Crippen molar-refractivity contribution in [2.24, 2.45) is 0 Å². The van der Waals surface area contributed by atoms with E-state index in [1.807, 2.05) is 0 Å². The third-order valence-corrected chi connectivity index (χ3v) is 4.47. The van der Waals surface area contributed by atoms with Gasteiger partial charge < -0.3 is 13.9 Å². The van der Waals surface area contributed by atoms with E-state index < -0.39 is 23.4 Å². The van der Waals surface area contributed by atoms with Crippen LogP contribution < -0.4 is 15.3 Å². The van der Waals surface area contributed by atoms with Crippen molar-refractivity contribution in [1.82, 2.24) is 0 Å². The first-order chi connectivity index (χ1) is 13.4. The maximum Gasteiger partial charge on any atom is 0.351 e. The molecule has 1 aliphatic heterocycles. The van der Waals surface area contributed by atoms with Crippen molar-refractivity contribution in [3.63, 3.8) is 0 Å². The molecule has 1 aliphatic rings. The molecule has 2 aromatic carbocycles. The van der Waals surface area contributed by atoms with Crippen LogP contribution >= 0.6 is 0 Å². The number of carbonyl (C=O) groups excluding carboxylic acids is 3. The number of methoxy groups -OCH3 is 2. The molecule has 8 nitrogen and oxygen atoms in total. The predicted molar refractivity (Wildman–Crippen MR) is 99.5 cm³/mol. The largest absolute Gasteiger partial charge is 0.495 e. The van der Waals surface area contributed by atoms with Crippen LogP contribution in [0.1, 0.15) is 10.4 Å². The second-order valence-electron chi connectivity index (χ2n) is 6.01. The van der Waals surface area contributed by atoms with Crippen LogP contribution in [0.15, 0.2) is 51.7 Å². The molecule has 0 spiro atoms. The maximum atomic E-state index is 12.2. The van der Waals surface area contributed by atoms with Crippen LogP contribution in [0.3, 0.4) is 0 Å². The van der Waals surface area contributed by atoms with Crippen LogP contribution in [-0.2, 0) is 14.3 Å². The lowest BCUT2D eigenvalue weighted by molar-refractivity contribution is -0.120. The van der Waals surface area contributed by atoms with Gasteiger partial charge in [0, 0.05) is 22.9 Å². The Bertz CT molecular complexity index is 1250. The summed E-state index contributed by atoms with van der Waals surface area (Å²) in [6.45, 7) is 0. The van der Waals surface area contributed by atoms with Gasteiger partial charge >= 0.3 is 11.6 Å². The van der Waals surface area contributed by atoms with E-state index in [1.54, 1.807) is 18.2 Å². The molecule has 0 saturated heterocycles. The minimum atomic E-state index is -0.849. The molecule has 1 aromatic heterocycles. The lowest BCUT2D eigenvalue weighted by Gasteiger charge is -2.20. The smallest absolute Gasteiger partial charge is 0.351 e. The zero-order chi connectivity index (χ0) is 20.0. The zero-order valence-corrected chi connectivity index (χ0v) is 14.8. The van der Waals surface area contributed by atoms with E-state index in [4.69, 9.17) is 9.15 Å². The Morgan fingerprint density at radius 1 is 0.964 bits per heavy atom. The Balaban J connectivity index is 2.04. The second-order valence-corrected chi connectivity index (χ2v) is 6.01. The van der Waals surface area contributed by atoms with E-state index in [0.717, 1.165) is 4.90 Å². The molecule has 8 heteroatoms. The number of fused-ring (bicyclic) bond motifs is 2. The molecular weight excluding hydrogens is 366 g/mol. The van der Waals surface area contributed by atoms with E-state index in [9.17, 15) is 19.2 Å². The molecule has 2 amide bonds. The third-order valence-electron chi connectivity index (χ3n) is 4.47. The monoisotopic (exact) mass is 379 g/mol. The predicted octanol–water partition coefficient (Wildman–Crippen LogP) is 2.17. The van der Waals surface area contributed by atoms with Crippen LogP contribution in [-0.4, -0.2) is 32.0 Å². The number of hydrogen-bond donors (Lipinski definition) is 0. The molecule has 0 fully saturated rings. The first-order valence-corrected chi connectivity index (χ1v) is 8.17. The van der Waals surface area contributed by atoms with Crippen molar-refractivity contribution in [3.8, 4) is 5.75 Å². The van der Waals surface area contributed by atoms with Gasteiger partial charge in [0.15, 0.2) is 0 Å². The highest BCUT2D eigenvalue weighted by Gasteiger charge is 2.30. The van der Waals surface area contributed by atoms with Crippen LogP contribution in [0.25, 0.3) is 21.7 Å². The van der Waals surface area contributed by atoms with E-state index >= 15 is 0 Å². The topological polar surface area (TPSA) is 103 Å². The molecule has 0 bridgehead atoms. The molecule has 0 N–H and O–H groups in total. The average molecular weight is 379 g/mol. The summed E-state index contributed by atoms with van der Waals surface area (Å²) in [6.07, 6.45) is 2.34. The van der Waals surface area contributed by atoms with Crippen LogP contribution in [0, 0.1) is 0 Å². The van der Waals surface area contributed by atoms with Gasteiger partial charge in [-0.15, -0.1) is 0 Å². The molecule has 0 radical (unpaired) electrons. The number of anilines is 1. The fourth-order valence-electron chi connectivity index (χ4n) is 3.17. The van der Waals surface area contributed by atoms with Crippen LogP contribution in [0.5, 0.6) is 5.75 Å². The first-order valence-electron chi connectivity index (χ1n) is 8.17. The van der Waals surface area contributed by atoms with Gasteiger partial charge in [-0.1, -0.05) is 6.07 Å². The normalized spacial score (nSPS) is 13.6. The quantitative estimate of drug-likeness (QED) is 0.297. The standard InChI is InChI=1S/C20H13NO7/c1-26-14-4-3-10-7-11-8-13(19(24)27-2)20(25)28-15(11)9-12(10)18(14)21-16(22)5-6-17(21)23/h3-9H,1-2H3. The van der Waals surface area contributed by atoms with Gasteiger partial charge in [-0.3, -0.25) is 9.59 Å². The van der Waals surface area contributed by atoms with Crippen molar-refractivity contribution in [2.75, 3.05) is 19.1 Å². The Morgan fingerprint density at radius 2 is 1.68 bits per heavy atom. The highest BCUT2D eigenvalue weighted by atomic mass is 16.5. The molecule has 0 saturated carbocycles. The van der Waals surface area contributed by atoms with Crippen molar-refractivity contribution >= 4 is 45.2 Å². The summed E-state index contributed by atoms with van der Waals surface area (Å²) in [4.78, 5) is 49.3. The Labute approximate surface area is 157 Å². The molecule has 0 aliphatic carbocycles. The van der Waals surface area contributed by atoms with Crippen molar-refractivity contribution in [1.29, 1.82) is 0 Å². The van der Waals surface area contributed by atoms with Gasteiger partial charge in [0.25, 0.3) is 11.8 Å². The molecular formula is C20H13NO7. The number of benzene rings is 2. The Morgan fingerprint density at radius 3 is 2.32 bits per heavy atom. The summed E-state index contributed by atoms with van der Waals surface area (Å²) >= 11 is 0. The molecule has 2 heterocycles. The number of amides is 2. The van der Waals surface area contributed by atoms with Gasteiger partial charge in [-0.05, 0) is 29.7 Å². The number of nitrogens with zero attached hydrogens (tertiary/aromatic N) is 1. The number of rotatable bonds is 3. The van der Waals surface area contributed by atoms with E-state index in [1.165, 1.54) is 38.5 Å². The minimum Gasteiger partial charge on any atom is -0.495 e. The summed E-state index contributed by atoms with van der Waals surface area (Å²) in [5, 5.41) is 1.62. The molecule has 28 heavy (non-hydrogen) atoms. The molecule has 0 atom stereocenters. The summed E-state index contributed by atoms with van der Waals surface area (Å²) < 4.78 is 15.2. The van der Waals surface area contributed by atoms with Gasteiger partial charge in [0.05, 0.1) is 14.2 Å². The lowest BCUT2D eigenvalue weighted by Crippen LogP contribution is -2.30. The fourth-order valence-corrected chi connectivity index (χ4v) is 3.17. The fraction of sp³-hybridized carbons (Fsp3) is 0.100. The highest BCUT2D eigenvalue weighted by molar-refractivity contribution is 6.31. The van der Waals surface area contributed by atoms with Crippen LogP contribution in [0.2, 0.25) is 0 Å². The van der Waals surface area contributed by atoms with Crippen molar-refractivity contribution < 1.29 is 28.3 Å². The van der Waals surface area contributed by atoms with Crippen LogP contribution in [0.4, 0.5) is 5.69 Å². The van der Waals surface area contributed by atoms with Crippen molar-refractivity contribution in [3.05, 3.63) is 58.5 Å². The molecule has 4 rings (SSSR count). The highest BCUT2D eigenvalue weighted by Crippen LogP contribution is 2.39.